The second kappa shape index (κ2) is 7.01. The Kier molecular flexibility index (Phi) is 4.57. The lowest BCUT2D eigenvalue weighted by Gasteiger charge is -2.58. The molecule has 3 unspecified atom stereocenters. The maximum absolute atomic E-state index is 12.9. The van der Waals surface area contributed by atoms with Gasteiger partial charge in [0.1, 0.15) is 0 Å². The van der Waals surface area contributed by atoms with E-state index in [0.29, 0.717) is 23.3 Å². The van der Waals surface area contributed by atoms with Gasteiger partial charge in [0.05, 0.1) is 5.60 Å². The van der Waals surface area contributed by atoms with Crippen LogP contribution in [0.3, 0.4) is 0 Å². The summed E-state index contributed by atoms with van der Waals surface area (Å²) in [5.74, 6) is 1.50. The van der Waals surface area contributed by atoms with Crippen LogP contribution in [0.25, 0.3) is 0 Å². The Morgan fingerprint density at radius 1 is 1.07 bits per heavy atom. The highest BCUT2D eigenvalue weighted by molar-refractivity contribution is 5.94. The number of nitrogens with one attached hydrogen (secondary N) is 2. The van der Waals surface area contributed by atoms with Crippen molar-refractivity contribution in [2.45, 2.75) is 63.1 Å². The van der Waals surface area contributed by atoms with Gasteiger partial charge in [-0.2, -0.15) is 0 Å². The number of carbonyl (C=O) groups is 2. The minimum atomic E-state index is -0.468. The van der Waals surface area contributed by atoms with Crippen LogP contribution in [0, 0.1) is 17.8 Å². The average molecular weight is 398 g/mol. The summed E-state index contributed by atoms with van der Waals surface area (Å²) in [5.41, 5.74) is 1.31. The number of amides is 2. The molecule has 0 radical (unpaired) electrons. The Balaban J connectivity index is 1.21. The molecule has 5 fully saturated rings. The molecule has 6 heteroatoms. The van der Waals surface area contributed by atoms with E-state index in [2.05, 4.69) is 15.5 Å². The number of hydrogen-bond acceptors (Lipinski definition) is 4. The lowest BCUT2D eigenvalue weighted by atomic mass is 9.52. The Bertz CT molecular complexity index is 792. The van der Waals surface area contributed by atoms with Crippen molar-refractivity contribution in [3.8, 4) is 0 Å². The summed E-state index contributed by atoms with van der Waals surface area (Å²) < 4.78 is 0. The first-order chi connectivity index (χ1) is 13.9. The molecule has 2 amide bonds. The minimum Gasteiger partial charge on any atom is -0.390 e. The van der Waals surface area contributed by atoms with Crippen molar-refractivity contribution in [1.82, 2.24) is 10.6 Å². The molecule has 6 nitrogen and oxygen atoms in total. The van der Waals surface area contributed by atoms with Crippen LogP contribution in [-0.2, 0) is 4.79 Å². The van der Waals surface area contributed by atoms with E-state index in [4.69, 9.17) is 0 Å². The number of aliphatic hydroxyl groups is 1. The van der Waals surface area contributed by atoms with E-state index in [1.165, 1.54) is 0 Å². The maximum atomic E-state index is 12.9. The molecule has 1 aromatic carbocycles. The molecule has 6 rings (SSSR count). The number of anilines is 1. The minimum absolute atomic E-state index is 0.00134. The fourth-order valence-electron chi connectivity index (χ4n) is 6.68. The molecule has 5 aliphatic rings. The van der Waals surface area contributed by atoms with E-state index >= 15 is 0 Å². The molecule has 3 atom stereocenters. The van der Waals surface area contributed by atoms with Crippen molar-refractivity contribution in [2.24, 2.45) is 17.8 Å². The predicted molar refractivity (Wildman–Crippen MR) is 111 cm³/mol. The monoisotopic (exact) mass is 397 g/mol. The standard InChI is InChI=1S/C23H31N3O3/c1-14(27)24-19-6-7-26(13-19)20-4-2-16(3-5-20)22(28)25-21-17-8-15-9-18(21)12-23(29,10-15)11-17/h2-5,15,17-19,21,29H,6-13H2,1H3,(H,24,27)(H,25,28). The first kappa shape index (κ1) is 18.9. The molecule has 156 valence electrons. The molecule has 0 spiro atoms. The topological polar surface area (TPSA) is 81.7 Å². The van der Waals surface area contributed by atoms with Gasteiger partial charge in [0.25, 0.3) is 5.91 Å². The fourth-order valence-corrected chi connectivity index (χ4v) is 6.68. The molecule has 4 bridgehead atoms. The Labute approximate surface area is 172 Å². The van der Waals surface area contributed by atoms with Crippen molar-refractivity contribution in [3.63, 3.8) is 0 Å². The average Bonchev–Trinajstić information content (AvgIpc) is 3.11. The van der Waals surface area contributed by atoms with Gasteiger partial charge in [-0.25, -0.2) is 0 Å². The predicted octanol–water partition coefficient (Wildman–Crippen LogP) is 2.07. The second-order valence-corrected chi connectivity index (χ2v) is 9.87. The molecule has 29 heavy (non-hydrogen) atoms. The van der Waals surface area contributed by atoms with Crippen molar-refractivity contribution in [1.29, 1.82) is 0 Å². The lowest BCUT2D eigenvalue weighted by molar-refractivity contribution is -0.136. The summed E-state index contributed by atoms with van der Waals surface area (Å²) in [4.78, 5) is 26.4. The number of benzene rings is 1. The van der Waals surface area contributed by atoms with Gasteiger partial charge in [0, 0.05) is 43.3 Å². The summed E-state index contributed by atoms with van der Waals surface area (Å²) in [7, 11) is 0. The van der Waals surface area contributed by atoms with E-state index in [1.807, 2.05) is 24.3 Å². The summed E-state index contributed by atoms with van der Waals surface area (Å²) in [6.45, 7) is 3.27. The van der Waals surface area contributed by atoms with Gasteiger partial charge in [-0.3, -0.25) is 9.59 Å². The van der Waals surface area contributed by atoms with Crippen LogP contribution in [0.2, 0.25) is 0 Å². The third-order valence-corrected chi connectivity index (χ3v) is 7.63. The molecule has 3 N–H and O–H groups in total. The summed E-state index contributed by atoms with van der Waals surface area (Å²) in [5, 5.41) is 17.0. The van der Waals surface area contributed by atoms with Crippen LogP contribution in [0.15, 0.2) is 24.3 Å². The first-order valence-corrected chi connectivity index (χ1v) is 11.0. The second-order valence-electron chi connectivity index (χ2n) is 9.87. The normalized spacial score (nSPS) is 37.6. The van der Waals surface area contributed by atoms with Gasteiger partial charge in [-0.05, 0) is 80.5 Å². The van der Waals surface area contributed by atoms with E-state index in [9.17, 15) is 14.7 Å². The van der Waals surface area contributed by atoms with Gasteiger partial charge < -0.3 is 20.6 Å². The summed E-state index contributed by atoms with van der Waals surface area (Å²) in [6.07, 6.45) is 5.88. The molecular weight excluding hydrogens is 366 g/mol. The highest BCUT2D eigenvalue weighted by Crippen LogP contribution is 2.55. The van der Waals surface area contributed by atoms with E-state index in [-0.39, 0.29) is 23.9 Å². The Morgan fingerprint density at radius 3 is 2.38 bits per heavy atom. The van der Waals surface area contributed by atoms with Gasteiger partial charge >= 0.3 is 0 Å². The molecule has 4 aliphatic carbocycles. The molecule has 1 heterocycles. The van der Waals surface area contributed by atoms with E-state index in [1.54, 1.807) is 6.92 Å². The summed E-state index contributed by atoms with van der Waals surface area (Å²) in [6, 6.07) is 8.22. The van der Waals surface area contributed by atoms with Crippen molar-refractivity contribution >= 4 is 17.5 Å². The number of rotatable bonds is 4. The number of hydrogen-bond donors (Lipinski definition) is 3. The van der Waals surface area contributed by atoms with Crippen LogP contribution in [0.1, 0.15) is 55.8 Å². The van der Waals surface area contributed by atoms with Crippen LogP contribution >= 0.6 is 0 Å². The smallest absolute Gasteiger partial charge is 0.251 e. The molecule has 0 aromatic heterocycles. The molecule has 1 aromatic rings. The zero-order chi connectivity index (χ0) is 20.2. The van der Waals surface area contributed by atoms with Crippen LogP contribution in [0.5, 0.6) is 0 Å². The largest absolute Gasteiger partial charge is 0.390 e. The zero-order valence-corrected chi connectivity index (χ0v) is 17.1. The van der Waals surface area contributed by atoms with Gasteiger partial charge in [-0.1, -0.05) is 0 Å². The fraction of sp³-hybridized carbons (Fsp3) is 0.652. The van der Waals surface area contributed by atoms with E-state index in [0.717, 1.165) is 57.3 Å². The first-order valence-electron chi connectivity index (χ1n) is 11.0. The Morgan fingerprint density at radius 2 is 1.76 bits per heavy atom. The van der Waals surface area contributed by atoms with Gasteiger partial charge in [0.2, 0.25) is 5.91 Å². The zero-order valence-electron chi connectivity index (χ0n) is 17.1. The molecule has 1 saturated heterocycles. The molecular formula is C23H31N3O3. The third-order valence-electron chi connectivity index (χ3n) is 7.63. The van der Waals surface area contributed by atoms with Crippen LogP contribution < -0.4 is 15.5 Å². The number of nitrogens with zero attached hydrogens (tertiary/aromatic N) is 1. The van der Waals surface area contributed by atoms with Crippen LogP contribution in [0.4, 0.5) is 5.69 Å². The molecule has 4 saturated carbocycles. The highest BCUT2D eigenvalue weighted by Gasteiger charge is 2.55. The van der Waals surface area contributed by atoms with Gasteiger partial charge in [-0.15, -0.1) is 0 Å². The third kappa shape index (κ3) is 3.63. The van der Waals surface area contributed by atoms with Crippen molar-refractivity contribution in [2.75, 3.05) is 18.0 Å². The number of carbonyl (C=O) groups excluding carboxylic acids is 2. The SMILES string of the molecule is CC(=O)NC1CCN(c2ccc(C(=O)NC3C4CC5CC3CC(O)(C5)C4)cc2)C1. The van der Waals surface area contributed by atoms with E-state index < -0.39 is 5.60 Å². The summed E-state index contributed by atoms with van der Waals surface area (Å²) >= 11 is 0. The molecule has 1 aliphatic heterocycles. The quantitative estimate of drug-likeness (QED) is 0.727. The van der Waals surface area contributed by atoms with Crippen molar-refractivity contribution < 1.29 is 14.7 Å². The van der Waals surface area contributed by atoms with Gasteiger partial charge in [0.15, 0.2) is 0 Å². The lowest BCUT2D eigenvalue weighted by Crippen LogP contribution is -2.61. The highest BCUT2D eigenvalue weighted by atomic mass is 16.3. The Hall–Kier alpha value is -2.08. The van der Waals surface area contributed by atoms with Crippen molar-refractivity contribution in [3.05, 3.63) is 29.8 Å². The van der Waals surface area contributed by atoms with Crippen LogP contribution in [-0.4, -0.2) is 47.7 Å². The maximum Gasteiger partial charge on any atom is 0.251 e.